The zero-order valence-corrected chi connectivity index (χ0v) is 18.1. The molecule has 1 aromatic heterocycles. The Kier molecular flexibility index (Phi) is 8.75. The first-order valence-corrected chi connectivity index (χ1v) is 10.3. The Balaban J connectivity index is 0.000000326. The van der Waals surface area contributed by atoms with E-state index in [0.29, 0.717) is 5.88 Å². The van der Waals surface area contributed by atoms with Crippen molar-refractivity contribution in [1.29, 1.82) is 0 Å². The molecule has 0 amide bonds. The Hall–Kier alpha value is -2.49. The molecule has 8 nitrogen and oxygen atoms in total. The smallest absolute Gasteiger partial charge is 0.315 e. The fraction of sp³-hybridized carbons (Fsp3) is 0.400. The predicted octanol–water partition coefficient (Wildman–Crippen LogP) is 2.72. The molecule has 2 aromatic rings. The van der Waals surface area contributed by atoms with Crippen LogP contribution >= 0.6 is 0 Å². The number of pyridine rings is 1. The lowest BCUT2D eigenvalue weighted by atomic mass is 10.0. The Morgan fingerprint density at radius 2 is 1.76 bits per heavy atom. The van der Waals surface area contributed by atoms with Gasteiger partial charge in [-0.3, -0.25) is 9.35 Å². The van der Waals surface area contributed by atoms with Gasteiger partial charge in [0.15, 0.2) is 0 Å². The molecule has 0 fully saturated rings. The van der Waals surface area contributed by atoms with Crippen molar-refractivity contribution in [3.8, 4) is 5.88 Å². The zero-order chi connectivity index (χ0) is 22.2. The SMILES string of the molecule is COc1ccc([C@@H](CN)C(=O)OC(C)(C)C)cn1.Cc1ccc(S(=O)(=O)O)cc1. The van der Waals surface area contributed by atoms with Gasteiger partial charge < -0.3 is 15.2 Å². The van der Waals surface area contributed by atoms with Crippen molar-refractivity contribution < 1.29 is 27.2 Å². The molecule has 29 heavy (non-hydrogen) atoms. The molecule has 0 aliphatic heterocycles. The number of carbonyl (C=O) groups excluding carboxylic acids is 1. The summed E-state index contributed by atoms with van der Waals surface area (Å²) in [6, 6.07) is 9.46. The number of hydrogen-bond donors (Lipinski definition) is 2. The van der Waals surface area contributed by atoms with E-state index in [0.717, 1.165) is 11.1 Å². The van der Waals surface area contributed by atoms with E-state index >= 15 is 0 Å². The highest BCUT2D eigenvalue weighted by molar-refractivity contribution is 7.85. The monoisotopic (exact) mass is 424 g/mol. The van der Waals surface area contributed by atoms with E-state index in [1.807, 2.05) is 27.7 Å². The second-order valence-corrected chi connectivity index (χ2v) is 8.67. The summed E-state index contributed by atoms with van der Waals surface area (Å²) in [5.41, 5.74) is 6.80. The van der Waals surface area contributed by atoms with E-state index in [1.165, 1.54) is 19.2 Å². The molecule has 1 heterocycles. The number of benzene rings is 1. The first-order valence-electron chi connectivity index (χ1n) is 8.84. The number of nitrogens with zero attached hydrogens (tertiary/aromatic N) is 1. The molecule has 2 rings (SSSR count). The van der Waals surface area contributed by atoms with Gasteiger partial charge in [0.05, 0.1) is 17.9 Å². The maximum Gasteiger partial charge on any atom is 0.315 e. The van der Waals surface area contributed by atoms with Crippen LogP contribution in [-0.4, -0.2) is 43.2 Å². The number of aryl methyl sites for hydroxylation is 1. The first kappa shape index (κ1) is 24.5. The minimum absolute atomic E-state index is 0.0666. The summed E-state index contributed by atoms with van der Waals surface area (Å²) >= 11 is 0. The molecule has 1 aromatic carbocycles. The van der Waals surface area contributed by atoms with Crippen LogP contribution in [0.15, 0.2) is 47.5 Å². The normalized spacial score (nSPS) is 12.4. The summed E-state index contributed by atoms with van der Waals surface area (Å²) in [4.78, 5) is 16.0. The van der Waals surface area contributed by atoms with E-state index in [4.69, 9.17) is 19.8 Å². The van der Waals surface area contributed by atoms with Crippen molar-refractivity contribution in [2.75, 3.05) is 13.7 Å². The molecule has 9 heteroatoms. The summed E-state index contributed by atoms with van der Waals surface area (Å²) in [6.45, 7) is 7.50. The third-order valence-electron chi connectivity index (χ3n) is 3.62. The minimum Gasteiger partial charge on any atom is -0.481 e. The van der Waals surface area contributed by atoms with Crippen molar-refractivity contribution in [1.82, 2.24) is 4.98 Å². The lowest BCUT2D eigenvalue weighted by Crippen LogP contribution is -2.31. The largest absolute Gasteiger partial charge is 0.481 e. The van der Waals surface area contributed by atoms with Crippen molar-refractivity contribution in [2.24, 2.45) is 5.73 Å². The van der Waals surface area contributed by atoms with Gasteiger partial charge in [-0.15, -0.1) is 0 Å². The van der Waals surface area contributed by atoms with Gasteiger partial charge in [0.2, 0.25) is 5.88 Å². The average Bonchev–Trinajstić information content (AvgIpc) is 2.61. The molecule has 0 saturated heterocycles. The standard InChI is InChI=1S/C13H20N2O3.C7H8O3S/c1-13(2,3)18-12(16)10(7-14)9-5-6-11(17-4)15-8-9;1-6-2-4-7(5-3-6)11(8,9)10/h5-6,8,10H,7,14H2,1-4H3;2-5H,1H3,(H,8,9,10)/t10-;/m1./s1. The highest BCUT2D eigenvalue weighted by atomic mass is 32.2. The Morgan fingerprint density at radius 1 is 1.17 bits per heavy atom. The fourth-order valence-electron chi connectivity index (χ4n) is 2.17. The number of rotatable bonds is 5. The number of esters is 1. The molecule has 0 radical (unpaired) electrons. The highest BCUT2D eigenvalue weighted by Gasteiger charge is 2.25. The van der Waals surface area contributed by atoms with Crippen molar-refractivity contribution in [2.45, 2.75) is 44.1 Å². The van der Waals surface area contributed by atoms with Gasteiger partial charge in [-0.1, -0.05) is 23.8 Å². The van der Waals surface area contributed by atoms with Crippen molar-refractivity contribution >= 4 is 16.1 Å². The van der Waals surface area contributed by atoms with Gasteiger partial charge in [0.25, 0.3) is 10.1 Å². The molecule has 0 aliphatic rings. The van der Waals surface area contributed by atoms with E-state index in [-0.39, 0.29) is 17.4 Å². The van der Waals surface area contributed by atoms with Gasteiger partial charge >= 0.3 is 5.97 Å². The van der Waals surface area contributed by atoms with Gasteiger partial charge in [0.1, 0.15) is 5.60 Å². The summed E-state index contributed by atoms with van der Waals surface area (Å²) in [5, 5.41) is 0. The van der Waals surface area contributed by atoms with E-state index in [2.05, 4.69) is 4.98 Å². The van der Waals surface area contributed by atoms with Gasteiger partial charge in [-0.2, -0.15) is 8.42 Å². The van der Waals surface area contributed by atoms with Crippen LogP contribution in [-0.2, 0) is 19.6 Å². The lowest BCUT2D eigenvalue weighted by Gasteiger charge is -2.23. The van der Waals surface area contributed by atoms with Crippen molar-refractivity contribution in [3.05, 3.63) is 53.7 Å². The third kappa shape index (κ3) is 8.59. The zero-order valence-electron chi connectivity index (χ0n) is 17.2. The molecule has 0 aliphatic carbocycles. The van der Waals surface area contributed by atoms with Crippen LogP contribution < -0.4 is 10.5 Å². The molecule has 0 bridgehead atoms. The first-order chi connectivity index (χ1) is 13.4. The quantitative estimate of drug-likeness (QED) is 0.554. The maximum absolute atomic E-state index is 12.0. The topological polar surface area (TPSA) is 129 Å². The number of aromatic nitrogens is 1. The molecular formula is C20H28N2O6S. The highest BCUT2D eigenvalue weighted by Crippen LogP contribution is 2.20. The molecule has 1 atom stereocenters. The third-order valence-corrected chi connectivity index (χ3v) is 4.48. The van der Waals surface area contributed by atoms with Crippen LogP contribution in [0.5, 0.6) is 5.88 Å². The second-order valence-electron chi connectivity index (χ2n) is 7.24. The molecule has 3 N–H and O–H groups in total. The number of ether oxygens (including phenoxy) is 2. The Labute approximate surface area is 171 Å². The summed E-state index contributed by atoms with van der Waals surface area (Å²) < 4.78 is 39.8. The Bertz CT molecular complexity index is 888. The van der Waals surface area contributed by atoms with Crippen LogP contribution in [0, 0.1) is 6.92 Å². The van der Waals surface area contributed by atoms with Crippen molar-refractivity contribution in [3.63, 3.8) is 0 Å². The van der Waals surface area contributed by atoms with E-state index in [1.54, 1.807) is 30.5 Å². The number of nitrogens with two attached hydrogens (primary N) is 1. The van der Waals surface area contributed by atoms with Crippen LogP contribution in [0.1, 0.15) is 37.8 Å². The van der Waals surface area contributed by atoms with Gasteiger partial charge in [-0.25, -0.2) is 4.98 Å². The number of hydrogen-bond acceptors (Lipinski definition) is 7. The summed E-state index contributed by atoms with van der Waals surface area (Å²) in [6.07, 6.45) is 1.58. The van der Waals surface area contributed by atoms with Crippen LogP contribution in [0.4, 0.5) is 0 Å². The number of carbonyl (C=O) groups is 1. The minimum atomic E-state index is -4.02. The van der Waals surface area contributed by atoms with Crippen LogP contribution in [0.3, 0.4) is 0 Å². The van der Waals surface area contributed by atoms with Gasteiger partial charge in [-0.05, 0) is 45.4 Å². The molecular weight excluding hydrogens is 396 g/mol. The lowest BCUT2D eigenvalue weighted by molar-refractivity contribution is -0.156. The Morgan fingerprint density at radius 3 is 2.14 bits per heavy atom. The molecule has 0 unspecified atom stereocenters. The predicted molar refractivity (Wildman–Crippen MR) is 109 cm³/mol. The molecule has 0 spiro atoms. The van der Waals surface area contributed by atoms with Crippen LogP contribution in [0.25, 0.3) is 0 Å². The summed E-state index contributed by atoms with van der Waals surface area (Å²) in [5.74, 6) is -0.335. The summed E-state index contributed by atoms with van der Waals surface area (Å²) in [7, 11) is -2.48. The molecule has 0 saturated carbocycles. The average molecular weight is 425 g/mol. The van der Waals surface area contributed by atoms with E-state index in [9.17, 15) is 13.2 Å². The molecule has 160 valence electrons. The second kappa shape index (κ2) is 10.3. The maximum atomic E-state index is 12.0. The van der Waals surface area contributed by atoms with E-state index < -0.39 is 21.6 Å². The fourth-order valence-corrected chi connectivity index (χ4v) is 2.65. The van der Waals surface area contributed by atoms with Crippen LogP contribution in [0.2, 0.25) is 0 Å². The number of methoxy groups -OCH3 is 1. The van der Waals surface area contributed by atoms with Gasteiger partial charge in [0, 0.05) is 18.8 Å².